The van der Waals surface area contributed by atoms with Gasteiger partial charge in [-0.3, -0.25) is 4.79 Å². The Hall–Kier alpha value is -4.98. The zero-order valence-corrected chi connectivity index (χ0v) is 24.8. The second kappa shape index (κ2) is 11.0. The highest BCUT2D eigenvalue weighted by Crippen LogP contribution is 2.57. The third-order valence-electron chi connectivity index (χ3n) is 8.13. The number of fused-ring (bicyclic) bond motifs is 6. The highest BCUT2D eigenvalue weighted by atomic mass is 16.6. The average molecular weight is 578 g/mol. The van der Waals surface area contributed by atoms with Crippen LogP contribution in [0.5, 0.6) is 17.2 Å². The normalized spacial score (nSPS) is 13.8. The van der Waals surface area contributed by atoms with Gasteiger partial charge in [0.25, 0.3) is 5.91 Å². The van der Waals surface area contributed by atoms with Crippen molar-refractivity contribution >= 4 is 23.3 Å². The van der Waals surface area contributed by atoms with E-state index in [9.17, 15) is 14.7 Å². The Balaban J connectivity index is 1.41. The summed E-state index contributed by atoms with van der Waals surface area (Å²) in [5, 5.41) is 19.2. The largest absolute Gasteiger partial charge is 0.508 e. The summed E-state index contributed by atoms with van der Waals surface area (Å²) in [5.74, 6) is 0.649. The van der Waals surface area contributed by atoms with Crippen molar-refractivity contribution in [1.82, 2.24) is 5.32 Å². The molecule has 43 heavy (non-hydrogen) atoms. The van der Waals surface area contributed by atoms with Gasteiger partial charge in [0.1, 0.15) is 17.2 Å². The maximum atomic E-state index is 13.6. The van der Waals surface area contributed by atoms with Crippen molar-refractivity contribution in [2.45, 2.75) is 39.7 Å². The molecule has 0 atom stereocenters. The molecule has 8 nitrogen and oxygen atoms in total. The monoisotopic (exact) mass is 577 g/mol. The minimum Gasteiger partial charge on any atom is -0.508 e. The van der Waals surface area contributed by atoms with Crippen LogP contribution in [-0.4, -0.2) is 36.6 Å². The third-order valence-corrected chi connectivity index (χ3v) is 8.13. The van der Waals surface area contributed by atoms with Crippen LogP contribution >= 0.6 is 0 Å². The van der Waals surface area contributed by atoms with Crippen molar-refractivity contribution in [3.63, 3.8) is 0 Å². The molecule has 0 unspecified atom stereocenters. The van der Waals surface area contributed by atoms with Crippen molar-refractivity contribution in [2.24, 2.45) is 0 Å². The molecule has 2 heterocycles. The van der Waals surface area contributed by atoms with E-state index in [0.717, 1.165) is 52.3 Å². The van der Waals surface area contributed by atoms with E-state index in [4.69, 9.17) is 9.47 Å². The van der Waals surface area contributed by atoms with E-state index in [1.54, 1.807) is 24.3 Å². The van der Waals surface area contributed by atoms with Gasteiger partial charge in [-0.1, -0.05) is 18.2 Å². The van der Waals surface area contributed by atoms with Gasteiger partial charge in [0.2, 0.25) is 0 Å². The first-order chi connectivity index (χ1) is 20.7. The topological polar surface area (TPSA) is 109 Å². The molecular formula is C35H35N3O5. The first-order valence-electron chi connectivity index (χ1n) is 14.6. The Morgan fingerprint density at radius 1 is 0.814 bits per heavy atom. The molecule has 0 fully saturated rings. The van der Waals surface area contributed by atoms with E-state index in [2.05, 4.69) is 16.0 Å². The Labute approximate surface area is 251 Å². The molecule has 220 valence electrons. The quantitative estimate of drug-likeness (QED) is 0.179. The summed E-state index contributed by atoms with van der Waals surface area (Å²) in [6.07, 6.45) is 0.609. The molecule has 0 radical (unpaired) electrons. The van der Waals surface area contributed by atoms with E-state index < -0.39 is 11.6 Å². The van der Waals surface area contributed by atoms with Crippen LogP contribution < -0.4 is 20.7 Å². The molecule has 6 rings (SSSR count). The summed E-state index contributed by atoms with van der Waals surface area (Å²) < 4.78 is 12.9. The van der Waals surface area contributed by atoms with Crippen LogP contribution in [0.1, 0.15) is 67.9 Å². The van der Waals surface area contributed by atoms with E-state index in [0.29, 0.717) is 41.2 Å². The lowest BCUT2D eigenvalue weighted by Crippen LogP contribution is -2.33. The average Bonchev–Trinajstić information content (AvgIpc) is 3.28. The molecule has 1 spiro atoms. The smallest absolute Gasteiger partial charge is 0.340 e. The summed E-state index contributed by atoms with van der Waals surface area (Å²) in [5.41, 5.74) is 6.56. The van der Waals surface area contributed by atoms with Gasteiger partial charge in [-0.05, 0) is 87.2 Å². The number of esters is 1. The number of nitrogens with one attached hydrogen (secondary N) is 3. The molecule has 0 aliphatic carbocycles. The Morgan fingerprint density at radius 3 is 2.00 bits per heavy atom. The molecule has 4 aromatic rings. The lowest BCUT2D eigenvalue weighted by atomic mass is 9.76. The number of amides is 1. The van der Waals surface area contributed by atoms with Gasteiger partial charge in [0, 0.05) is 65.4 Å². The van der Waals surface area contributed by atoms with E-state index in [-0.39, 0.29) is 11.7 Å². The minimum absolute atomic E-state index is 0.201. The molecule has 0 bridgehead atoms. The number of ether oxygens (including phenoxy) is 2. The number of hydrogen-bond acceptors (Lipinski definition) is 7. The number of phenols is 1. The van der Waals surface area contributed by atoms with E-state index >= 15 is 0 Å². The number of benzene rings is 4. The summed E-state index contributed by atoms with van der Waals surface area (Å²) in [4.78, 5) is 26.7. The van der Waals surface area contributed by atoms with Crippen molar-refractivity contribution in [3.05, 3.63) is 111 Å². The SMILES string of the molecule is CCNc1cc2c(cc1C)C1(OC(=O)c3cc(C(=O)NCCc4ccc(O)cc4)ccc31)c1cc(C)c(NCC)cc1O2. The number of aryl methyl sites for hydroxylation is 2. The summed E-state index contributed by atoms with van der Waals surface area (Å²) in [6.45, 7) is 10.0. The number of aromatic hydroxyl groups is 1. The van der Waals surface area contributed by atoms with Crippen molar-refractivity contribution < 1.29 is 24.2 Å². The van der Waals surface area contributed by atoms with Gasteiger partial charge in [-0.2, -0.15) is 0 Å². The maximum Gasteiger partial charge on any atom is 0.340 e. The predicted octanol–water partition coefficient (Wildman–Crippen LogP) is 6.41. The fraction of sp³-hybridized carbons (Fsp3) is 0.257. The van der Waals surface area contributed by atoms with Gasteiger partial charge in [-0.15, -0.1) is 0 Å². The van der Waals surface area contributed by atoms with E-state index in [1.165, 1.54) is 0 Å². The standard InChI is InChI=1S/C35H35N3O5/c1-5-36-29-18-31-27(15-20(29)3)35(28-16-21(4)30(37-6-2)19-32(28)42-31)26-12-9-23(17-25(26)34(41)43-35)33(40)38-14-13-22-7-10-24(39)11-8-22/h7-12,15-19,36-37,39H,5-6,13-14H2,1-4H3,(H,38,40). The molecule has 4 N–H and O–H groups in total. The van der Waals surface area contributed by atoms with Crippen molar-refractivity contribution in [3.8, 4) is 17.2 Å². The highest BCUT2D eigenvalue weighted by molar-refractivity contribution is 6.01. The van der Waals surface area contributed by atoms with Crippen LogP contribution in [-0.2, 0) is 16.8 Å². The molecule has 0 saturated heterocycles. The van der Waals surface area contributed by atoms with Crippen LogP contribution in [0, 0.1) is 13.8 Å². The van der Waals surface area contributed by atoms with Gasteiger partial charge in [-0.25, -0.2) is 4.79 Å². The molecule has 2 aliphatic heterocycles. The Bertz CT molecular complexity index is 1680. The highest BCUT2D eigenvalue weighted by Gasteiger charge is 2.54. The number of phenolic OH excluding ortho intramolecular Hbond substituents is 1. The molecular weight excluding hydrogens is 542 g/mol. The van der Waals surface area contributed by atoms with E-state index in [1.807, 2.05) is 70.2 Å². The van der Waals surface area contributed by atoms with Crippen LogP contribution in [0.3, 0.4) is 0 Å². The van der Waals surface area contributed by atoms with Gasteiger partial charge >= 0.3 is 5.97 Å². The zero-order valence-electron chi connectivity index (χ0n) is 24.8. The van der Waals surface area contributed by atoms with Crippen LogP contribution in [0.15, 0.2) is 66.7 Å². The molecule has 0 saturated carbocycles. The molecule has 0 aromatic heterocycles. The molecule has 8 heteroatoms. The molecule has 1 amide bonds. The first-order valence-corrected chi connectivity index (χ1v) is 14.6. The van der Waals surface area contributed by atoms with Crippen molar-refractivity contribution in [2.75, 3.05) is 30.3 Å². The summed E-state index contributed by atoms with van der Waals surface area (Å²) in [7, 11) is 0. The minimum atomic E-state index is -1.23. The van der Waals surface area contributed by atoms with Crippen LogP contribution in [0.4, 0.5) is 11.4 Å². The van der Waals surface area contributed by atoms with Gasteiger partial charge < -0.3 is 30.5 Å². The summed E-state index contributed by atoms with van der Waals surface area (Å²) in [6, 6.07) is 20.1. The molecule has 4 aromatic carbocycles. The second-order valence-corrected chi connectivity index (χ2v) is 11.0. The fourth-order valence-corrected chi connectivity index (χ4v) is 6.02. The van der Waals surface area contributed by atoms with Crippen LogP contribution in [0.25, 0.3) is 0 Å². The van der Waals surface area contributed by atoms with Gasteiger partial charge in [0.15, 0.2) is 5.60 Å². The van der Waals surface area contributed by atoms with Gasteiger partial charge in [0.05, 0.1) is 5.56 Å². The van der Waals surface area contributed by atoms with Crippen molar-refractivity contribution in [1.29, 1.82) is 0 Å². The third kappa shape index (κ3) is 4.82. The molecule has 2 aliphatic rings. The van der Waals surface area contributed by atoms with Crippen LogP contribution in [0.2, 0.25) is 0 Å². The first kappa shape index (κ1) is 28.2. The number of rotatable bonds is 8. The predicted molar refractivity (Wildman–Crippen MR) is 167 cm³/mol. The fourth-order valence-electron chi connectivity index (χ4n) is 6.02. The number of anilines is 2. The number of hydrogen-bond donors (Lipinski definition) is 4. The maximum absolute atomic E-state index is 13.6. The second-order valence-electron chi connectivity index (χ2n) is 11.0. The number of carbonyl (C=O) groups is 2. The Kier molecular flexibility index (Phi) is 7.22. The lowest BCUT2D eigenvalue weighted by molar-refractivity contribution is 0.0224. The number of carbonyl (C=O) groups excluding carboxylic acids is 2. The zero-order chi connectivity index (χ0) is 30.3. The Morgan fingerprint density at radius 2 is 1.42 bits per heavy atom. The summed E-state index contributed by atoms with van der Waals surface area (Å²) >= 11 is 0. The lowest BCUT2D eigenvalue weighted by Gasteiger charge is -2.37.